The van der Waals surface area contributed by atoms with Crippen LogP contribution in [0.15, 0.2) is 322 Å². The van der Waals surface area contributed by atoms with Crippen molar-refractivity contribution in [2.24, 2.45) is 0 Å². The fourth-order valence-electron chi connectivity index (χ4n) is 16.4. The van der Waals surface area contributed by atoms with E-state index in [-0.39, 0.29) is 0 Å². The van der Waals surface area contributed by atoms with Crippen LogP contribution in [-0.2, 0) is 0 Å². The topological polar surface area (TPSA) is 74.3 Å². The number of nitrogens with zero attached hydrogens (tertiary/aromatic N) is 7. The predicted molar refractivity (Wildman–Crippen MR) is 406 cm³/mol. The van der Waals surface area contributed by atoms with Gasteiger partial charge in [0.05, 0.1) is 27.8 Å². The van der Waals surface area contributed by atoms with Crippen molar-refractivity contribution in [2.45, 2.75) is 0 Å². The Labute approximate surface area is 562 Å². The van der Waals surface area contributed by atoms with Gasteiger partial charge in [0.25, 0.3) is 0 Å². The first-order chi connectivity index (χ1) is 48.6. The van der Waals surface area contributed by atoms with Crippen molar-refractivity contribution >= 4 is 108 Å². The Morgan fingerprint density at radius 3 is 1.32 bits per heavy atom. The molecule has 0 fully saturated rings. The van der Waals surface area contributed by atoms with Crippen molar-refractivity contribution in [3.8, 4) is 102 Å². The third kappa shape index (κ3) is 7.95. The summed E-state index contributed by atoms with van der Waals surface area (Å²) in [6.45, 7) is 0. The zero-order valence-corrected chi connectivity index (χ0v) is 52.7. The van der Waals surface area contributed by atoms with Crippen molar-refractivity contribution in [3.05, 3.63) is 322 Å². The van der Waals surface area contributed by atoms with Crippen LogP contribution in [0.5, 0.6) is 0 Å². The third-order valence-electron chi connectivity index (χ3n) is 20.6. The molecule has 98 heavy (non-hydrogen) atoms. The van der Waals surface area contributed by atoms with E-state index in [9.17, 15) is 0 Å². The molecule has 2 aliphatic rings. The number of fused-ring (bicyclic) bond motifs is 20. The molecule has 0 saturated carbocycles. The summed E-state index contributed by atoms with van der Waals surface area (Å²) in [4.78, 5) is 26.3. The second kappa shape index (κ2) is 21.1. The molecular formula is C91H53N7. The van der Waals surface area contributed by atoms with Crippen LogP contribution in [0.4, 0.5) is 0 Å². The number of rotatable bonds is 6. The molecule has 4 heterocycles. The van der Waals surface area contributed by atoms with E-state index in [4.69, 9.17) is 24.9 Å². The van der Waals surface area contributed by atoms with Crippen LogP contribution in [0.1, 0.15) is 0 Å². The van der Waals surface area contributed by atoms with E-state index in [1.165, 1.54) is 115 Å². The molecular weight excluding hydrogens is 1190 g/mol. The van der Waals surface area contributed by atoms with Gasteiger partial charge >= 0.3 is 0 Å². The summed E-state index contributed by atoms with van der Waals surface area (Å²) in [5, 5.41) is 19.4. The van der Waals surface area contributed by atoms with E-state index in [1.807, 2.05) is 12.3 Å². The van der Waals surface area contributed by atoms with Crippen molar-refractivity contribution in [2.75, 3.05) is 0 Å². The lowest BCUT2D eigenvalue weighted by atomic mass is 9.90. The highest BCUT2D eigenvalue weighted by molar-refractivity contribution is 6.32. The fraction of sp³-hybridized carbons (Fsp3) is 0. The number of benzene rings is 16. The van der Waals surface area contributed by atoms with Gasteiger partial charge in [0.2, 0.25) is 11.9 Å². The Bertz CT molecular complexity index is 6510. The quantitative estimate of drug-likeness (QED) is 0.155. The van der Waals surface area contributed by atoms with Gasteiger partial charge in [-0.3, -0.25) is 9.13 Å². The smallest absolute Gasteiger partial charge is 0.240 e. The average molecular weight is 1240 g/mol. The first-order valence-corrected chi connectivity index (χ1v) is 33.4. The summed E-state index contributed by atoms with van der Waals surface area (Å²) in [5.41, 5.74) is 20.9. The monoisotopic (exact) mass is 1240 g/mol. The van der Waals surface area contributed by atoms with E-state index >= 15 is 0 Å². The standard InChI is InChI=1S/C51H29N5.C40H24N2/c1-3-20-36-30(14-1)31-15-2-4-21-37(31)48-41-29-28-39(38-22-13-23-40(46(38)41)47(36)48)49-52-50(55-42-24-9-5-16-32(42)33-17-6-10-25-43(33)55)54-51(53-49)56-44-26-11-7-18-34(44)35-19-8-12-27-45(35)56;1-2-9-25(10-3-1)26-17-18-29-27(23-26)12-8-16-33(29)37-21-22-41-40(42-37)35-20-19-34-31-14-6-7-15-32(31)36-24-28-11-4-5-13-30(28)38(35)39(34)36/h1-29H;1-24H. The maximum Gasteiger partial charge on any atom is 0.240 e. The molecule has 0 bridgehead atoms. The van der Waals surface area contributed by atoms with Gasteiger partial charge in [0.1, 0.15) is 0 Å². The van der Waals surface area contributed by atoms with Crippen molar-refractivity contribution in [3.63, 3.8) is 0 Å². The van der Waals surface area contributed by atoms with Crippen LogP contribution < -0.4 is 0 Å². The highest BCUT2D eigenvalue weighted by atomic mass is 15.3. The summed E-state index contributed by atoms with van der Waals surface area (Å²) in [6, 6.07) is 113. The Kier molecular flexibility index (Phi) is 11.7. The first kappa shape index (κ1) is 54.2. The normalized spacial score (nSPS) is 12.1. The Morgan fingerprint density at radius 2 is 0.673 bits per heavy atom. The molecule has 0 radical (unpaired) electrons. The molecule has 0 amide bonds. The van der Waals surface area contributed by atoms with Gasteiger partial charge in [-0.25, -0.2) is 9.97 Å². The minimum absolute atomic E-state index is 0.577. The molecule has 0 atom stereocenters. The van der Waals surface area contributed by atoms with Crippen LogP contribution in [0, 0.1) is 0 Å². The van der Waals surface area contributed by atoms with E-state index in [0.29, 0.717) is 17.7 Å². The first-order valence-electron chi connectivity index (χ1n) is 33.4. The zero-order valence-electron chi connectivity index (χ0n) is 52.7. The summed E-state index contributed by atoms with van der Waals surface area (Å²) < 4.78 is 4.39. The lowest BCUT2D eigenvalue weighted by molar-refractivity contribution is 0.893. The van der Waals surface area contributed by atoms with Gasteiger partial charge < -0.3 is 0 Å². The fourth-order valence-corrected chi connectivity index (χ4v) is 16.4. The highest BCUT2D eigenvalue weighted by Gasteiger charge is 2.30. The molecule has 0 N–H and O–H groups in total. The zero-order chi connectivity index (χ0) is 64.1. The summed E-state index contributed by atoms with van der Waals surface area (Å²) >= 11 is 0. The average Bonchev–Trinajstić information content (AvgIpc) is 1.54. The van der Waals surface area contributed by atoms with Gasteiger partial charge in [0, 0.05) is 49.8 Å². The minimum Gasteiger partial charge on any atom is -0.278 e. The van der Waals surface area contributed by atoms with Crippen molar-refractivity contribution < 1.29 is 0 Å². The molecule has 2 aliphatic carbocycles. The van der Waals surface area contributed by atoms with Crippen LogP contribution in [0.3, 0.4) is 0 Å². The molecule has 7 heteroatoms. The lowest BCUT2D eigenvalue weighted by Crippen LogP contribution is -2.10. The van der Waals surface area contributed by atoms with E-state index < -0.39 is 0 Å². The maximum atomic E-state index is 5.42. The second-order valence-corrected chi connectivity index (χ2v) is 25.7. The van der Waals surface area contributed by atoms with E-state index in [2.05, 4.69) is 319 Å². The third-order valence-corrected chi connectivity index (χ3v) is 20.6. The van der Waals surface area contributed by atoms with Crippen molar-refractivity contribution in [1.82, 2.24) is 34.1 Å². The molecule has 0 spiro atoms. The SMILES string of the molecule is c1cc2c3c(ccc(-c4nc(-n5c6ccccc6c6ccccc65)nc(-n5c6ccccc6c6ccccc65)n4)c3c1)-c1c-2c2ccccc2c2ccccc12.c1ccc(-c2ccc3c(-c4ccnc(-c5ccc6c7c(cc8ccccc8c57)-c5ccccc5-6)n4)cccc3c2)cc1. The number of aromatic nitrogens is 7. The van der Waals surface area contributed by atoms with E-state index in [0.717, 1.165) is 77.2 Å². The van der Waals surface area contributed by atoms with Gasteiger partial charge in [-0.2, -0.15) is 15.0 Å². The summed E-state index contributed by atoms with van der Waals surface area (Å²) in [5.74, 6) is 2.53. The van der Waals surface area contributed by atoms with Crippen molar-refractivity contribution in [1.29, 1.82) is 0 Å². The maximum absolute atomic E-state index is 5.42. The highest BCUT2D eigenvalue weighted by Crippen LogP contribution is 2.56. The van der Waals surface area contributed by atoms with Gasteiger partial charge in [-0.1, -0.05) is 261 Å². The Balaban J connectivity index is 0.000000135. The van der Waals surface area contributed by atoms with Crippen LogP contribution >= 0.6 is 0 Å². The molecule has 0 unspecified atom stereocenters. The lowest BCUT2D eigenvalue weighted by Gasteiger charge is -2.14. The summed E-state index contributed by atoms with van der Waals surface area (Å²) in [6.07, 6.45) is 1.90. The number of hydrogen-bond acceptors (Lipinski definition) is 5. The molecule has 0 saturated heterocycles. The largest absolute Gasteiger partial charge is 0.278 e. The number of para-hydroxylation sites is 4. The summed E-state index contributed by atoms with van der Waals surface area (Å²) in [7, 11) is 0. The van der Waals surface area contributed by atoms with Gasteiger partial charge in [0.15, 0.2) is 11.6 Å². The molecule has 22 rings (SSSR count). The molecule has 452 valence electrons. The van der Waals surface area contributed by atoms with Crippen LogP contribution in [0.25, 0.3) is 210 Å². The Morgan fingerprint density at radius 1 is 0.214 bits per heavy atom. The second-order valence-electron chi connectivity index (χ2n) is 25.7. The number of hydrogen-bond donors (Lipinski definition) is 0. The molecule has 4 aromatic heterocycles. The van der Waals surface area contributed by atoms with Crippen LogP contribution in [-0.4, -0.2) is 34.1 Å². The minimum atomic E-state index is 0.577. The molecule has 7 nitrogen and oxygen atoms in total. The van der Waals surface area contributed by atoms with E-state index in [1.54, 1.807) is 0 Å². The Hall–Kier alpha value is -13.2. The predicted octanol–water partition coefficient (Wildman–Crippen LogP) is 23.4. The molecule has 16 aromatic carbocycles. The van der Waals surface area contributed by atoms with Gasteiger partial charge in [-0.05, 0) is 169 Å². The molecule has 20 aromatic rings. The van der Waals surface area contributed by atoms with Crippen LogP contribution in [0.2, 0.25) is 0 Å². The van der Waals surface area contributed by atoms with Gasteiger partial charge in [-0.15, -0.1) is 0 Å². The molecule has 0 aliphatic heterocycles.